The first-order valence-corrected chi connectivity index (χ1v) is 5.70. The lowest BCUT2D eigenvalue weighted by molar-refractivity contribution is 0.351. The molecule has 15 heavy (non-hydrogen) atoms. The summed E-state index contributed by atoms with van der Waals surface area (Å²) >= 11 is 0. The van der Waals surface area contributed by atoms with Crippen molar-refractivity contribution in [2.75, 3.05) is 7.05 Å². The van der Waals surface area contributed by atoms with Crippen molar-refractivity contribution in [2.24, 2.45) is 0 Å². The van der Waals surface area contributed by atoms with Crippen molar-refractivity contribution >= 4 is 0 Å². The molecule has 0 saturated heterocycles. The first-order chi connectivity index (χ1) is 7.04. The molecule has 1 aliphatic carbocycles. The number of rotatable bonds is 1. The van der Waals surface area contributed by atoms with E-state index in [1.54, 1.807) is 0 Å². The van der Waals surface area contributed by atoms with Crippen LogP contribution >= 0.6 is 0 Å². The maximum Gasteiger partial charge on any atom is 0.141 e. The van der Waals surface area contributed by atoms with Gasteiger partial charge in [0.25, 0.3) is 0 Å². The molecule has 0 bridgehead atoms. The number of nitrogens with zero attached hydrogens (tertiary/aromatic N) is 1. The minimum absolute atomic E-state index is 0.0729. The van der Waals surface area contributed by atoms with Crippen molar-refractivity contribution < 1.29 is 4.52 Å². The molecule has 2 rings (SSSR count). The summed E-state index contributed by atoms with van der Waals surface area (Å²) < 4.78 is 5.46. The van der Waals surface area contributed by atoms with E-state index in [0.717, 1.165) is 17.9 Å². The molecule has 0 aromatic carbocycles. The maximum absolute atomic E-state index is 5.46. The Bertz CT molecular complexity index is 349. The van der Waals surface area contributed by atoms with Gasteiger partial charge in [-0.3, -0.25) is 0 Å². The van der Waals surface area contributed by atoms with Crippen LogP contribution in [0.2, 0.25) is 0 Å². The van der Waals surface area contributed by atoms with E-state index in [4.69, 9.17) is 4.52 Å². The summed E-state index contributed by atoms with van der Waals surface area (Å²) in [6.07, 6.45) is 3.42. The predicted octanol–water partition coefficient (Wildman–Crippen LogP) is 2.57. The molecule has 1 atom stereocenters. The molecule has 0 saturated carbocycles. The molecule has 84 valence electrons. The fourth-order valence-corrected chi connectivity index (χ4v) is 2.31. The highest BCUT2D eigenvalue weighted by Crippen LogP contribution is 2.37. The molecular weight excluding hydrogens is 188 g/mol. The fraction of sp³-hybridized carbons (Fsp3) is 0.750. The van der Waals surface area contributed by atoms with Crippen LogP contribution in [0.5, 0.6) is 0 Å². The lowest BCUT2D eigenvalue weighted by atomic mass is 9.82. The summed E-state index contributed by atoms with van der Waals surface area (Å²) in [5.74, 6) is 1.09. The van der Waals surface area contributed by atoms with Crippen molar-refractivity contribution in [3.63, 3.8) is 0 Å². The van der Waals surface area contributed by atoms with Crippen LogP contribution < -0.4 is 5.32 Å². The van der Waals surface area contributed by atoms with Gasteiger partial charge in [0.15, 0.2) is 0 Å². The molecule has 1 aliphatic rings. The van der Waals surface area contributed by atoms with Gasteiger partial charge in [0, 0.05) is 23.4 Å². The van der Waals surface area contributed by atoms with Crippen LogP contribution in [-0.2, 0) is 11.8 Å². The van der Waals surface area contributed by atoms with Crippen LogP contribution in [0.4, 0.5) is 0 Å². The average Bonchev–Trinajstić information content (AvgIpc) is 2.59. The summed E-state index contributed by atoms with van der Waals surface area (Å²) in [5, 5.41) is 7.61. The third kappa shape index (κ3) is 1.81. The summed E-state index contributed by atoms with van der Waals surface area (Å²) in [4.78, 5) is 0. The highest BCUT2D eigenvalue weighted by molar-refractivity contribution is 5.33. The van der Waals surface area contributed by atoms with E-state index >= 15 is 0 Å². The van der Waals surface area contributed by atoms with Crippen LogP contribution in [0.3, 0.4) is 0 Å². The normalized spacial score (nSPS) is 21.5. The summed E-state index contributed by atoms with van der Waals surface area (Å²) in [7, 11) is 2.01. The van der Waals surface area contributed by atoms with E-state index in [1.165, 1.54) is 18.4 Å². The first kappa shape index (κ1) is 10.7. The Morgan fingerprint density at radius 3 is 2.73 bits per heavy atom. The number of aryl methyl sites for hydroxylation is 1. The quantitative estimate of drug-likeness (QED) is 0.770. The van der Waals surface area contributed by atoms with Gasteiger partial charge < -0.3 is 9.84 Å². The number of hydrogen-bond acceptors (Lipinski definition) is 3. The van der Waals surface area contributed by atoms with Gasteiger partial charge in [-0.1, -0.05) is 25.9 Å². The van der Waals surface area contributed by atoms with E-state index in [2.05, 4.69) is 31.2 Å². The Hall–Kier alpha value is -0.830. The molecule has 0 amide bonds. The number of hydrogen-bond donors (Lipinski definition) is 1. The smallest absolute Gasteiger partial charge is 0.141 e. The van der Waals surface area contributed by atoms with Gasteiger partial charge >= 0.3 is 0 Å². The minimum Gasteiger partial charge on any atom is -0.361 e. The van der Waals surface area contributed by atoms with Gasteiger partial charge in [0.1, 0.15) is 5.76 Å². The molecule has 0 fully saturated rings. The van der Waals surface area contributed by atoms with Crippen molar-refractivity contribution in [1.82, 2.24) is 10.5 Å². The summed E-state index contributed by atoms with van der Waals surface area (Å²) in [6.45, 7) is 6.56. The van der Waals surface area contributed by atoms with E-state index in [0.29, 0.717) is 6.04 Å². The zero-order chi connectivity index (χ0) is 11.1. The second-order valence-electron chi connectivity index (χ2n) is 5.35. The highest BCUT2D eigenvalue weighted by atomic mass is 16.5. The standard InChI is InChI=1S/C12H20N2O/c1-12(2,3)11-10-8(13-4)6-5-7-9(10)15-14-11/h8,13H,5-7H2,1-4H3. The summed E-state index contributed by atoms with van der Waals surface area (Å²) in [6, 6.07) is 0.425. The van der Waals surface area contributed by atoms with Crippen LogP contribution in [0.15, 0.2) is 4.52 Å². The molecule has 1 heterocycles. The van der Waals surface area contributed by atoms with E-state index < -0.39 is 0 Å². The van der Waals surface area contributed by atoms with Gasteiger partial charge in [-0.2, -0.15) is 0 Å². The van der Waals surface area contributed by atoms with Gasteiger partial charge in [-0.25, -0.2) is 0 Å². The molecule has 0 spiro atoms. The second-order valence-corrected chi connectivity index (χ2v) is 5.35. The zero-order valence-corrected chi connectivity index (χ0v) is 10.1. The van der Waals surface area contributed by atoms with Crippen molar-refractivity contribution in [2.45, 2.75) is 51.5 Å². The topological polar surface area (TPSA) is 38.1 Å². The molecule has 0 aliphatic heterocycles. The van der Waals surface area contributed by atoms with Gasteiger partial charge in [0.2, 0.25) is 0 Å². The molecule has 3 nitrogen and oxygen atoms in total. The zero-order valence-electron chi connectivity index (χ0n) is 10.1. The molecule has 0 radical (unpaired) electrons. The van der Waals surface area contributed by atoms with Crippen LogP contribution in [0.1, 0.15) is 56.7 Å². The molecule has 1 N–H and O–H groups in total. The molecular formula is C12H20N2O. The van der Waals surface area contributed by atoms with Crippen LogP contribution in [-0.4, -0.2) is 12.2 Å². The lowest BCUT2D eigenvalue weighted by Gasteiger charge is -2.25. The third-order valence-electron chi connectivity index (χ3n) is 3.11. The second kappa shape index (κ2) is 3.63. The van der Waals surface area contributed by atoms with Crippen LogP contribution in [0, 0.1) is 0 Å². The molecule has 3 heteroatoms. The fourth-order valence-electron chi connectivity index (χ4n) is 2.31. The monoisotopic (exact) mass is 208 g/mol. The van der Waals surface area contributed by atoms with Crippen molar-refractivity contribution in [3.8, 4) is 0 Å². The highest BCUT2D eigenvalue weighted by Gasteiger charge is 2.32. The molecule has 1 aromatic rings. The largest absolute Gasteiger partial charge is 0.361 e. The number of aromatic nitrogens is 1. The lowest BCUT2D eigenvalue weighted by Crippen LogP contribution is -2.25. The van der Waals surface area contributed by atoms with E-state index in [-0.39, 0.29) is 5.41 Å². The van der Waals surface area contributed by atoms with E-state index in [1.807, 2.05) is 7.05 Å². The van der Waals surface area contributed by atoms with E-state index in [9.17, 15) is 0 Å². The Morgan fingerprint density at radius 2 is 2.13 bits per heavy atom. The number of fused-ring (bicyclic) bond motifs is 1. The predicted molar refractivity (Wildman–Crippen MR) is 59.9 cm³/mol. The van der Waals surface area contributed by atoms with Crippen LogP contribution in [0.25, 0.3) is 0 Å². The third-order valence-corrected chi connectivity index (χ3v) is 3.11. The SMILES string of the molecule is CNC1CCCc2onc(C(C)(C)C)c21. The van der Waals surface area contributed by atoms with Gasteiger partial charge in [-0.05, 0) is 19.9 Å². The molecule has 1 unspecified atom stereocenters. The maximum atomic E-state index is 5.46. The minimum atomic E-state index is 0.0729. The summed E-state index contributed by atoms with van der Waals surface area (Å²) in [5.41, 5.74) is 2.51. The van der Waals surface area contributed by atoms with Crippen molar-refractivity contribution in [3.05, 3.63) is 17.0 Å². The Morgan fingerprint density at radius 1 is 1.40 bits per heavy atom. The Kier molecular flexibility index (Phi) is 2.59. The first-order valence-electron chi connectivity index (χ1n) is 5.70. The number of nitrogens with one attached hydrogen (secondary N) is 1. The molecule has 1 aromatic heterocycles. The van der Waals surface area contributed by atoms with Gasteiger partial charge in [0.05, 0.1) is 5.69 Å². The average molecular weight is 208 g/mol. The van der Waals surface area contributed by atoms with Crippen molar-refractivity contribution in [1.29, 1.82) is 0 Å². The van der Waals surface area contributed by atoms with Gasteiger partial charge in [-0.15, -0.1) is 0 Å². The Balaban J connectivity index is 2.47. The Labute approximate surface area is 91.2 Å².